The van der Waals surface area contributed by atoms with Gasteiger partial charge in [-0.15, -0.1) is 0 Å². The Morgan fingerprint density at radius 2 is 1.72 bits per heavy atom. The van der Waals surface area contributed by atoms with Crippen molar-refractivity contribution in [2.24, 2.45) is 0 Å². The van der Waals surface area contributed by atoms with Crippen LogP contribution in [0, 0.1) is 18.8 Å². The van der Waals surface area contributed by atoms with E-state index in [0.717, 1.165) is 23.4 Å². The molecule has 6 heteroatoms. The van der Waals surface area contributed by atoms with Crippen LogP contribution in [0.1, 0.15) is 41.2 Å². The van der Waals surface area contributed by atoms with Crippen LogP contribution in [0.4, 0.5) is 0 Å². The van der Waals surface area contributed by atoms with Crippen molar-refractivity contribution >= 4 is 0 Å². The van der Waals surface area contributed by atoms with E-state index in [4.69, 9.17) is 4.74 Å². The molecule has 182 valence electrons. The molecular weight excluding hydrogens is 448 g/mol. The Bertz CT molecular complexity index is 1390. The van der Waals surface area contributed by atoms with E-state index in [2.05, 4.69) is 58.0 Å². The second kappa shape index (κ2) is 12.0. The lowest BCUT2D eigenvalue weighted by atomic mass is 10.1. The van der Waals surface area contributed by atoms with Gasteiger partial charge < -0.3 is 9.30 Å². The molecule has 2 aromatic heterocycles. The molecule has 4 rings (SSSR count). The molecule has 1 atom stereocenters. The Morgan fingerprint density at radius 3 is 2.42 bits per heavy atom. The highest BCUT2D eigenvalue weighted by molar-refractivity contribution is 5.37. The van der Waals surface area contributed by atoms with E-state index >= 15 is 0 Å². The number of hydrogen-bond donors (Lipinski definition) is 0. The number of nitrogens with zero attached hydrogens (tertiary/aromatic N) is 4. The van der Waals surface area contributed by atoms with E-state index in [9.17, 15) is 4.79 Å². The topological polar surface area (TPSA) is 60.3 Å². The Morgan fingerprint density at radius 1 is 1.00 bits per heavy atom. The minimum atomic E-state index is -0.122. The molecule has 4 aromatic rings. The second-order valence-electron chi connectivity index (χ2n) is 8.75. The molecule has 0 amide bonds. The first-order chi connectivity index (χ1) is 17.5. The summed E-state index contributed by atoms with van der Waals surface area (Å²) in [6.45, 7) is 5.70. The molecule has 6 nitrogen and oxygen atoms in total. The molecule has 0 N–H and O–H groups in total. The maximum Gasteiger partial charge on any atom is 0.254 e. The maximum absolute atomic E-state index is 12.9. The summed E-state index contributed by atoms with van der Waals surface area (Å²) in [4.78, 5) is 23.4. The molecule has 0 spiro atoms. The van der Waals surface area contributed by atoms with E-state index in [-0.39, 0.29) is 18.2 Å². The van der Waals surface area contributed by atoms with Crippen LogP contribution in [-0.4, -0.2) is 33.0 Å². The van der Waals surface area contributed by atoms with Crippen LogP contribution < -0.4 is 10.3 Å². The monoisotopic (exact) mass is 478 g/mol. The Kier molecular flexibility index (Phi) is 8.28. The van der Waals surface area contributed by atoms with Gasteiger partial charge in [-0.25, -0.2) is 9.97 Å². The minimum Gasteiger partial charge on any atom is -0.485 e. The number of pyridine rings is 1. The first-order valence-electron chi connectivity index (χ1n) is 11.9. The SMILES string of the molecule is Cc1cc(OCc2ncccn2)cc(=O)n1[C@H](C)c1ccc(C#CCN(C)Cc2ccccc2)cc1. The van der Waals surface area contributed by atoms with Crippen molar-refractivity contribution in [3.63, 3.8) is 0 Å². The average molecular weight is 479 g/mol. The maximum atomic E-state index is 12.9. The lowest BCUT2D eigenvalue weighted by Gasteiger charge is -2.19. The van der Waals surface area contributed by atoms with Crippen LogP contribution in [-0.2, 0) is 13.2 Å². The number of aryl methyl sites for hydroxylation is 1. The summed E-state index contributed by atoms with van der Waals surface area (Å²) < 4.78 is 7.51. The molecule has 36 heavy (non-hydrogen) atoms. The van der Waals surface area contributed by atoms with Crippen LogP contribution in [0.5, 0.6) is 5.75 Å². The van der Waals surface area contributed by atoms with E-state index in [1.807, 2.05) is 50.2 Å². The highest BCUT2D eigenvalue weighted by Gasteiger charge is 2.13. The van der Waals surface area contributed by atoms with Crippen LogP contribution in [0.15, 0.2) is 90.0 Å². The van der Waals surface area contributed by atoms with Crippen molar-refractivity contribution < 1.29 is 4.74 Å². The molecule has 0 unspecified atom stereocenters. The summed E-state index contributed by atoms with van der Waals surface area (Å²) in [6, 6.07) is 23.5. The lowest BCUT2D eigenvalue weighted by molar-refractivity contribution is 0.294. The summed E-state index contributed by atoms with van der Waals surface area (Å²) in [5.41, 5.74) is 3.98. The molecule has 0 aliphatic heterocycles. The Balaban J connectivity index is 1.38. The third-order valence-electron chi connectivity index (χ3n) is 5.88. The predicted octanol–water partition coefficient (Wildman–Crippen LogP) is 4.62. The van der Waals surface area contributed by atoms with Gasteiger partial charge in [-0.05, 0) is 56.3 Å². The van der Waals surface area contributed by atoms with Crippen LogP contribution in [0.2, 0.25) is 0 Å². The normalized spacial score (nSPS) is 11.6. The number of benzene rings is 2. The summed E-state index contributed by atoms with van der Waals surface area (Å²) in [5, 5.41) is 0. The Labute approximate surface area is 212 Å². The number of hydrogen-bond acceptors (Lipinski definition) is 5. The van der Waals surface area contributed by atoms with E-state index < -0.39 is 0 Å². The van der Waals surface area contributed by atoms with Gasteiger partial charge in [-0.1, -0.05) is 54.3 Å². The molecule has 2 aromatic carbocycles. The zero-order chi connectivity index (χ0) is 25.3. The lowest BCUT2D eigenvalue weighted by Crippen LogP contribution is -2.25. The molecule has 0 aliphatic rings. The van der Waals surface area contributed by atoms with Crippen molar-refractivity contribution in [3.8, 4) is 17.6 Å². The van der Waals surface area contributed by atoms with Crippen LogP contribution in [0.25, 0.3) is 0 Å². The van der Waals surface area contributed by atoms with Crippen molar-refractivity contribution in [3.05, 3.63) is 124 Å². The van der Waals surface area contributed by atoms with Gasteiger partial charge >= 0.3 is 0 Å². The number of ether oxygens (including phenoxy) is 1. The fraction of sp³-hybridized carbons (Fsp3) is 0.233. The molecule has 0 saturated carbocycles. The van der Waals surface area contributed by atoms with Crippen molar-refractivity contribution in [1.82, 2.24) is 19.4 Å². The highest BCUT2D eigenvalue weighted by atomic mass is 16.5. The first kappa shape index (κ1) is 24.9. The van der Waals surface area contributed by atoms with Crippen molar-refractivity contribution in [1.29, 1.82) is 0 Å². The van der Waals surface area contributed by atoms with Gasteiger partial charge in [0.25, 0.3) is 5.56 Å². The van der Waals surface area contributed by atoms with Crippen molar-refractivity contribution in [2.45, 2.75) is 33.0 Å². The number of aromatic nitrogens is 3. The third-order valence-corrected chi connectivity index (χ3v) is 5.88. The average Bonchev–Trinajstić information content (AvgIpc) is 2.88. The van der Waals surface area contributed by atoms with Gasteiger partial charge in [-0.2, -0.15) is 0 Å². The van der Waals surface area contributed by atoms with Gasteiger partial charge in [0.15, 0.2) is 5.82 Å². The standard InChI is InChI=1S/C30H30N4O2/c1-23-19-28(36-22-29-31-16-8-17-32-29)20-30(35)34(23)24(2)27-14-12-25(13-15-27)11-7-18-33(3)21-26-9-5-4-6-10-26/h4-6,8-10,12-17,19-20,24H,18,21-22H2,1-3H3/t24-/m1/s1. The minimum absolute atomic E-state index is 0.114. The smallest absolute Gasteiger partial charge is 0.254 e. The Hall–Kier alpha value is -4.21. The van der Waals surface area contributed by atoms with Crippen molar-refractivity contribution in [2.75, 3.05) is 13.6 Å². The van der Waals surface area contributed by atoms with E-state index in [1.54, 1.807) is 23.0 Å². The predicted molar refractivity (Wildman–Crippen MR) is 142 cm³/mol. The molecule has 2 heterocycles. The van der Waals surface area contributed by atoms with Crippen LogP contribution in [0.3, 0.4) is 0 Å². The molecule has 0 aliphatic carbocycles. The zero-order valence-electron chi connectivity index (χ0n) is 20.9. The summed E-state index contributed by atoms with van der Waals surface area (Å²) >= 11 is 0. The largest absolute Gasteiger partial charge is 0.485 e. The van der Waals surface area contributed by atoms with Gasteiger partial charge in [0, 0.05) is 36.3 Å². The van der Waals surface area contributed by atoms with Gasteiger partial charge in [-0.3, -0.25) is 9.69 Å². The molecular formula is C30H30N4O2. The number of rotatable bonds is 8. The molecule has 0 saturated heterocycles. The quantitative estimate of drug-likeness (QED) is 0.346. The summed E-state index contributed by atoms with van der Waals surface area (Å²) in [5.74, 6) is 7.56. The highest BCUT2D eigenvalue weighted by Crippen LogP contribution is 2.21. The fourth-order valence-electron chi connectivity index (χ4n) is 4.04. The fourth-order valence-corrected chi connectivity index (χ4v) is 4.04. The van der Waals surface area contributed by atoms with Crippen LogP contribution >= 0.6 is 0 Å². The second-order valence-corrected chi connectivity index (χ2v) is 8.75. The summed E-state index contributed by atoms with van der Waals surface area (Å²) in [7, 11) is 2.07. The molecule has 0 bridgehead atoms. The van der Waals surface area contributed by atoms with Gasteiger partial charge in [0.1, 0.15) is 12.4 Å². The van der Waals surface area contributed by atoms with E-state index in [0.29, 0.717) is 18.1 Å². The van der Waals surface area contributed by atoms with Gasteiger partial charge in [0.2, 0.25) is 0 Å². The molecule has 0 fully saturated rings. The zero-order valence-corrected chi connectivity index (χ0v) is 20.9. The van der Waals surface area contributed by atoms with Gasteiger partial charge in [0.05, 0.1) is 12.6 Å². The van der Waals surface area contributed by atoms with E-state index in [1.165, 1.54) is 11.6 Å². The molecule has 0 radical (unpaired) electrons. The third kappa shape index (κ3) is 6.68. The summed E-state index contributed by atoms with van der Waals surface area (Å²) in [6.07, 6.45) is 3.33. The first-order valence-corrected chi connectivity index (χ1v) is 11.9.